The van der Waals surface area contributed by atoms with Gasteiger partial charge in [0, 0.05) is 10.2 Å². The first-order valence-electron chi connectivity index (χ1n) is 6.70. The van der Waals surface area contributed by atoms with Crippen LogP contribution >= 0.6 is 15.9 Å². The molecule has 0 saturated heterocycles. The van der Waals surface area contributed by atoms with E-state index in [-0.39, 0.29) is 0 Å². The predicted octanol–water partition coefficient (Wildman–Crippen LogP) is 5.44. The van der Waals surface area contributed by atoms with Crippen LogP contribution in [0, 0.1) is 0 Å². The highest BCUT2D eigenvalue weighted by Gasteiger charge is 2.01. The van der Waals surface area contributed by atoms with E-state index in [4.69, 9.17) is 5.73 Å². The largest absolute Gasteiger partial charge is 0.397 e. The summed E-state index contributed by atoms with van der Waals surface area (Å²) in [6.07, 6.45) is 0. The molecule has 3 rings (SSSR count). The van der Waals surface area contributed by atoms with Crippen LogP contribution in [0.3, 0.4) is 0 Å². The van der Waals surface area contributed by atoms with Crippen molar-refractivity contribution in [3.63, 3.8) is 0 Å². The van der Waals surface area contributed by atoms with E-state index in [0.717, 1.165) is 21.5 Å². The SMILES string of the molecule is Nc1cc(Br)ccc1Nc1ccc(-c2ccccc2)cc1. The highest BCUT2D eigenvalue weighted by molar-refractivity contribution is 9.10. The number of anilines is 3. The van der Waals surface area contributed by atoms with Crippen molar-refractivity contribution < 1.29 is 0 Å². The molecule has 21 heavy (non-hydrogen) atoms. The average Bonchev–Trinajstić information content (AvgIpc) is 2.52. The highest BCUT2D eigenvalue weighted by atomic mass is 79.9. The Balaban J connectivity index is 1.81. The zero-order valence-electron chi connectivity index (χ0n) is 11.4. The van der Waals surface area contributed by atoms with E-state index < -0.39 is 0 Å². The minimum atomic E-state index is 0.719. The molecule has 0 heterocycles. The van der Waals surface area contributed by atoms with Gasteiger partial charge in [0.15, 0.2) is 0 Å². The van der Waals surface area contributed by atoms with Gasteiger partial charge in [-0.2, -0.15) is 0 Å². The molecular weight excluding hydrogens is 324 g/mol. The van der Waals surface area contributed by atoms with Gasteiger partial charge in [-0.3, -0.25) is 0 Å². The molecule has 0 spiro atoms. The number of rotatable bonds is 3. The molecule has 0 bridgehead atoms. The lowest BCUT2D eigenvalue weighted by Gasteiger charge is -2.10. The predicted molar refractivity (Wildman–Crippen MR) is 93.7 cm³/mol. The molecule has 3 heteroatoms. The molecule has 0 aliphatic rings. The smallest absolute Gasteiger partial charge is 0.0618 e. The highest BCUT2D eigenvalue weighted by Crippen LogP contribution is 2.27. The lowest BCUT2D eigenvalue weighted by molar-refractivity contribution is 1.53. The summed E-state index contributed by atoms with van der Waals surface area (Å²) in [5, 5.41) is 3.33. The second-order valence-corrected chi connectivity index (χ2v) is 5.72. The molecule has 0 aliphatic heterocycles. The number of benzene rings is 3. The van der Waals surface area contributed by atoms with E-state index in [2.05, 4.69) is 57.6 Å². The van der Waals surface area contributed by atoms with Gasteiger partial charge in [0.05, 0.1) is 11.4 Å². The molecule has 0 radical (unpaired) electrons. The third kappa shape index (κ3) is 3.26. The van der Waals surface area contributed by atoms with Crippen LogP contribution < -0.4 is 11.1 Å². The van der Waals surface area contributed by atoms with Crippen LogP contribution in [-0.2, 0) is 0 Å². The van der Waals surface area contributed by atoms with Crippen LogP contribution in [0.2, 0.25) is 0 Å². The molecule has 104 valence electrons. The van der Waals surface area contributed by atoms with Gasteiger partial charge in [0.2, 0.25) is 0 Å². The molecule has 2 nitrogen and oxygen atoms in total. The average molecular weight is 339 g/mol. The Bertz CT molecular complexity index is 737. The van der Waals surface area contributed by atoms with Gasteiger partial charge in [-0.05, 0) is 41.5 Å². The van der Waals surface area contributed by atoms with Gasteiger partial charge < -0.3 is 11.1 Å². The van der Waals surface area contributed by atoms with Crippen LogP contribution in [0.5, 0.6) is 0 Å². The van der Waals surface area contributed by atoms with Gasteiger partial charge in [-0.15, -0.1) is 0 Å². The molecule has 0 amide bonds. The first-order chi connectivity index (χ1) is 10.2. The van der Waals surface area contributed by atoms with Crippen LogP contribution in [0.4, 0.5) is 17.1 Å². The fraction of sp³-hybridized carbons (Fsp3) is 0. The lowest BCUT2D eigenvalue weighted by atomic mass is 10.1. The minimum absolute atomic E-state index is 0.719. The molecule has 0 fully saturated rings. The Labute approximate surface area is 132 Å². The number of nitrogen functional groups attached to an aromatic ring is 1. The molecule has 3 aromatic carbocycles. The van der Waals surface area contributed by atoms with E-state index in [9.17, 15) is 0 Å². The summed E-state index contributed by atoms with van der Waals surface area (Å²) in [6, 6.07) is 24.5. The maximum absolute atomic E-state index is 6.00. The van der Waals surface area contributed by atoms with Crippen LogP contribution in [-0.4, -0.2) is 0 Å². The summed E-state index contributed by atoms with van der Waals surface area (Å²) in [5.74, 6) is 0. The molecule has 0 aromatic heterocycles. The maximum atomic E-state index is 6.00. The van der Waals surface area contributed by atoms with Gasteiger partial charge in [0.1, 0.15) is 0 Å². The van der Waals surface area contributed by atoms with Crippen LogP contribution in [0.25, 0.3) is 11.1 Å². The first-order valence-corrected chi connectivity index (χ1v) is 7.49. The zero-order chi connectivity index (χ0) is 14.7. The number of halogens is 1. The molecule has 0 saturated carbocycles. The molecule has 0 unspecified atom stereocenters. The molecule has 3 aromatic rings. The summed E-state index contributed by atoms with van der Waals surface area (Å²) < 4.78 is 0.977. The lowest BCUT2D eigenvalue weighted by Crippen LogP contribution is -1.96. The number of hydrogen-bond donors (Lipinski definition) is 2. The van der Waals surface area contributed by atoms with Gasteiger partial charge in [-0.25, -0.2) is 0 Å². The van der Waals surface area contributed by atoms with Crippen molar-refractivity contribution in [1.29, 1.82) is 0 Å². The maximum Gasteiger partial charge on any atom is 0.0618 e. The summed E-state index contributed by atoms with van der Waals surface area (Å²) in [5.41, 5.74) is 11.1. The first kappa shape index (κ1) is 13.7. The van der Waals surface area contributed by atoms with Crippen molar-refractivity contribution in [2.24, 2.45) is 0 Å². The number of hydrogen-bond acceptors (Lipinski definition) is 2. The molecule has 0 aliphatic carbocycles. The van der Waals surface area contributed by atoms with Crippen LogP contribution in [0.15, 0.2) is 77.3 Å². The normalized spacial score (nSPS) is 10.3. The van der Waals surface area contributed by atoms with E-state index in [1.165, 1.54) is 11.1 Å². The monoisotopic (exact) mass is 338 g/mol. The fourth-order valence-electron chi connectivity index (χ4n) is 2.18. The van der Waals surface area contributed by atoms with Crippen molar-refractivity contribution in [3.8, 4) is 11.1 Å². The fourth-order valence-corrected chi connectivity index (χ4v) is 2.56. The summed E-state index contributed by atoms with van der Waals surface area (Å²) in [4.78, 5) is 0. The van der Waals surface area contributed by atoms with Crippen molar-refractivity contribution in [2.75, 3.05) is 11.1 Å². The van der Waals surface area contributed by atoms with Crippen molar-refractivity contribution >= 4 is 33.0 Å². The Kier molecular flexibility index (Phi) is 3.93. The topological polar surface area (TPSA) is 38.0 Å². The third-order valence-electron chi connectivity index (χ3n) is 3.28. The number of nitrogens with two attached hydrogens (primary N) is 1. The third-order valence-corrected chi connectivity index (χ3v) is 3.78. The van der Waals surface area contributed by atoms with Crippen molar-refractivity contribution in [3.05, 3.63) is 77.3 Å². The Morgan fingerprint density at radius 3 is 2.10 bits per heavy atom. The Hall–Kier alpha value is -2.26. The van der Waals surface area contributed by atoms with Crippen molar-refractivity contribution in [1.82, 2.24) is 0 Å². The summed E-state index contributed by atoms with van der Waals surface area (Å²) in [6.45, 7) is 0. The Morgan fingerprint density at radius 2 is 1.43 bits per heavy atom. The van der Waals surface area contributed by atoms with E-state index in [0.29, 0.717) is 0 Å². The number of nitrogens with one attached hydrogen (secondary N) is 1. The zero-order valence-corrected chi connectivity index (χ0v) is 13.0. The summed E-state index contributed by atoms with van der Waals surface area (Å²) >= 11 is 3.41. The quantitative estimate of drug-likeness (QED) is 0.624. The van der Waals surface area contributed by atoms with Crippen molar-refractivity contribution in [2.45, 2.75) is 0 Å². The van der Waals surface area contributed by atoms with Gasteiger partial charge in [0.25, 0.3) is 0 Å². The van der Waals surface area contributed by atoms with E-state index in [1.807, 2.05) is 36.4 Å². The molecular formula is C18H15BrN2. The van der Waals surface area contributed by atoms with E-state index in [1.54, 1.807) is 0 Å². The Morgan fingerprint density at radius 1 is 0.762 bits per heavy atom. The second-order valence-electron chi connectivity index (χ2n) is 4.80. The van der Waals surface area contributed by atoms with Gasteiger partial charge in [-0.1, -0.05) is 58.4 Å². The van der Waals surface area contributed by atoms with Crippen LogP contribution in [0.1, 0.15) is 0 Å². The standard InChI is InChI=1S/C18H15BrN2/c19-15-8-11-18(17(20)12-15)21-16-9-6-14(7-10-16)13-4-2-1-3-5-13/h1-12,21H,20H2. The second kappa shape index (κ2) is 6.02. The minimum Gasteiger partial charge on any atom is -0.397 e. The summed E-state index contributed by atoms with van der Waals surface area (Å²) in [7, 11) is 0. The van der Waals surface area contributed by atoms with E-state index >= 15 is 0 Å². The van der Waals surface area contributed by atoms with Gasteiger partial charge >= 0.3 is 0 Å². The molecule has 0 atom stereocenters. The molecule has 3 N–H and O–H groups in total.